The molecule has 3 nitrogen and oxygen atoms in total. The molecule has 0 spiro atoms. The lowest BCUT2D eigenvalue weighted by Crippen LogP contribution is -2.27. The van der Waals surface area contributed by atoms with Crippen molar-refractivity contribution in [2.24, 2.45) is 0 Å². The fraction of sp³-hybridized carbons (Fsp3) is 0.438. The zero-order valence-electron chi connectivity index (χ0n) is 12.3. The Bertz CT molecular complexity index is 557. The molecule has 1 fully saturated rings. The van der Waals surface area contributed by atoms with Gasteiger partial charge in [0.15, 0.2) is 0 Å². The van der Waals surface area contributed by atoms with Crippen molar-refractivity contribution >= 4 is 41.1 Å². The molecule has 0 saturated carbocycles. The van der Waals surface area contributed by atoms with E-state index in [-0.39, 0.29) is 4.75 Å². The minimum atomic E-state index is -0.950. The predicted octanol–water partition coefficient (Wildman–Crippen LogP) is 4.16. The molecule has 1 aromatic rings. The van der Waals surface area contributed by atoms with E-state index < -0.39 is 5.97 Å². The van der Waals surface area contributed by atoms with E-state index in [2.05, 4.69) is 18.7 Å². The maximum absolute atomic E-state index is 10.7. The molecule has 1 heterocycles. The number of hydrogen-bond acceptors (Lipinski definition) is 3. The maximum atomic E-state index is 10.7. The van der Waals surface area contributed by atoms with E-state index in [0.717, 1.165) is 42.6 Å². The van der Waals surface area contributed by atoms with Crippen LogP contribution in [-0.2, 0) is 4.79 Å². The average molecular weight is 326 g/mol. The molecule has 0 radical (unpaired) electrons. The van der Waals surface area contributed by atoms with Crippen LogP contribution in [0.5, 0.6) is 0 Å². The van der Waals surface area contributed by atoms with Crippen LogP contribution in [0.15, 0.2) is 24.3 Å². The van der Waals surface area contributed by atoms with Gasteiger partial charge in [-0.05, 0) is 24.1 Å². The lowest BCUT2D eigenvalue weighted by atomic mass is 10.1. The Morgan fingerprint density at radius 1 is 1.43 bits per heavy atom. The largest absolute Gasteiger partial charge is 0.478 e. The fourth-order valence-electron chi connectivity index (χ4n) is 2.41. The topological polar surface area (TPSA) is 40.5 Å². The first-order valence-electron chi connectivity index (χ1n) is 6.97. The van der Waals surface area contributed by atoms with E-state index in [1.54, 1.807) is 6.08 Å². The molecule has 1 N–H and O–H groups in total. The number of halogens is 1. The second-order valence-corrected chi connectivity index (χ2v) is 7.90. The minimum Gasteiger partial charge on any atom is -0.478 e. The molecule has 1 aromatic carbocycles. The first-order valence-corrected chi connectivity index (χ1v) is 8.34. The van der Waals surface area contributed by atoms with Crippen molar-refractivity contribution in [2.45, 2.75) is 25.0 Å². The van der Waals surface area contributed by atoms with Gasteiger partial charge in [-0.15, -0.1) is 0 Å². The SMILES string of the molecule is CC1(C)CCN(c2c(Cl)cccc2/C=C/C(=O)O)CCS1. The van der Waals surface area contributed by atoms with Gasteiger partial charge in [0, 0.05) is 29.7 Å². The van der Waals surface area contributed by atoms with E-state index in [1.807, 2.05) is 30.0 Å². The zero-order chi connectivity index (χ0) is 15.5. The van der Waals surface area contributed by atoms with Gasteiger partial charge >= 0.3 is 5.97 Å². The highest BCUT2D eigenvalue weighted by atomic mass is 35.5. The molecule has 0 amide bonds. The van der Waals surface area contributed by atoms with Crippen molar-refractivity contribution in [3.05, 3.63) is 34.9 Å². The van der Waals surface area contributed by atoms with Gasteiger partial charge in [-0.3, -0.25) is 0 Å². The first kappa shape index (κ1) is 16.2. The number of anilines is 1. The smallest absolute Gasteiger partial charge is 0.328 e. The molecule has 2 rings (SSSR count). The molecule has 5 heteroatoms. The Morgan fingerprint density at radius 3 is 2.90 bits per heavy atom. The highest BCUT2D eigenvalue weighted by Gasteiger charge is 2.25. The third kappa shape index (κ3) is 4.42. The number of benzene rings is 1. The molecule has 0 aliphatic carbocycles. The summed E-state index contributed by atoms with van der Waals surface area (Å²) in [5.74, 6) is 0.0915. The average Bonchev–Trinajstić information content (AvgIpc) is 2.57. The molecule has 1 aliphatic heterocycles. The van der Waals surface area contributed by atoms with Crippen LogP contribution in [0.3, 0.4) is 0 Å². The number of carboxylic acid groups (broad SMARTS) is 1. The summed E-state index contributed by atoms with van der Waals surface area (Å²) < 4.78 is 0.271. The molecule has 0 bridgehead atoms. The summed E-state index contributed by atoms with van der Waals surface area (Å²) in [7, 11) is 0. The van der Waals surface area contributed by atoms with Crippen LogP contribution < -0.4 is 4.90 Å². The van der Waals surface area contributed by atoms with Gasteiger partial charge in [-0.1, -0.05) is 37.6 Å². The third-order valence-electron chi connectivity index (χ3n) is 3.58. The van der Waals surface area contributed by atoms with Crippen molar-refractivity contribution in [1.29, 1.82) is 0 Å². The van der Waals surface area contributed by atoms with Crippen molar-refractivity contribution in [3.63, 3.8) is 0 Å². The van der Waals surface area contributed by atoms with Crippen LogP contribution in [0.25, 0.3) is 6.08 Å². The molecule has 21 heavy (non-hydrogen) atoms. The van der Waals surface area contributed by atoms with E-state index in [1.165, 1.54) is 0 Å². The van der Waals surface area contributed by atoms with Crippen LogP contribution in [0.2, 0.25) is 5.02 Å². The lowest BCUT2D eigenvalue weighted by Gasteiger charge is -2.26. The van der Waals surface area contributed by atoms with Crippen LogP contribution >= 0.6 is 23.4 Å². The summed E-state index contributed by atoms with van der Waals surface area (Å²) in [4.78, 5) is 13.0. The number of carbonyl (C=O) groups is 1. The molecule has 1 saturated heterocycles. The highest BCUT2D eigenvalue weighted by molar-refractivity contribution is 8.00. The number of carboxylic acids is 1. The Balaban J connectivity index is 2.31. The van der Waals surface area contributed by atoms with Gasteiger partial charge < -0.3 is 10.0 Å². The summed E-state index contributed by atoms with van der Waals surface area (Å²) in [6, 6.07) is 5.62. The molecular weight excluding hydrogens is 306 g/mol. The second-order valence-electron chi connectivity index (χ2n) is 5.69. The standard InChI is InChI=1S/C16H20ClNO2S/c1-16(2)8-9-18(10-11-21-16)15-12(6-7-14(19)20)4-3-5-13(15)17/h3-7H,8-11H2,1-2H3,(H,19,20)/b7-6+. The van der Waals surface area contributed by atoms with Crippen molar-refractivity contribution < 1.29 is 9.90 Å². The summed E-state index contributed by atoms with van der Waals surface area (Å²) in [6.07, 6.45) is 3.85. The van der Waals surface area contributed by atoms with Crippen LogP contribution in [0.1, 0.15) is 25.8 Å². The summed E-state index contributed by atoms with van der Waals surface area (Å²) in [6.45, 7) is 6.38. The van der Waals surface area contributed by atoms with E-state index in [4.69, 9.17) is 16.7 Å². The summed E-state index contributed by atoms with van der Waals surface area (Å²) >= 11 is 8.35. The Kier molecular flexibility index (Phi) is 5.22. The molecular formula is C16H20ClNO2S. The van der Waals surface area contributed by atoms with E-state index in [0.29, 0.717) is 5.02 Å². The summed E-state index contributed by atoms with van der Waals surface area (Å²) in [5, 5.41) is 9.50. The highest BCUT2D eigenvalue weighted by Crippen LogP contribution is 2.36. The Morgan fingerprint density at radius 2 is 2.19 bits per heavy atom. The van der Waals surface area contributed by atoms with Gasteiger partial charge in [0.2, 0.25) is 0 Å². The molecule has 1 aliphatic rings. The third-order valence-corrected chi connectivity index (χ3v) is 5.25. The first-order chi connectivity index (χ1) is 9.89. The number of aliphatic carboxylic acids is 1. The number of hydrogen-bond donors (Lipinski definition) is 1. The minimum absolute atomic E-state index is 0.271. The van der Waals surface area contributed by atoms with Gasteiger partial charge in [0.05, 0.1) is 10.7 Å². The van der Waals surface area contributed by atoms with Gasteiger partial charge in [-0.2, -0.15) is 11.8 Å². The van der Waals surface area contributed by atoms with E-state index in [9.17, 15) is 4.79 Å². The second kappa shape index (κ2) is 6.75. The maximum Gasteiger partial charge on any atom is 0.328 e. The molecule has 0 unspecified atom stereocenters. The number of para-hydroxylation sites is 1. The predicted molar refractivity (Wildman–Crippen MR) is 91.5 cm³/mol. The van der Waals surface area contributed by atoms with Gasteiger partial charge in [0.1, 0.15) is 0 Å². The zero-order valence-corrected chi connectivity index (χ0v) is 13.9. The number of rotatable bonds is 3. The number of thioether (sulfide) groups is 1. The van der Waals surface area contributed by atoms with Crippen LogP contribution in [0, 0.1) is 0 Å². The van der Waals surface area contributed by atoms with E-state index >= 15 is 0 Å². The van der Waals surface area contributed by atoms with Crippen LogP contribution in [-0.4, -0.2) is 34.7 Å². The monoisotopic (exact) mass is 325 g/mol. The van der Waals surface area contributed by atoms with Crippen molar-refractivity contribution in [2.75, 3.05) is 23.7 Å². The van der Waals surface area contributed by atoms with Gasteiger partial charge in [-0.25, -0.2) is 4.79 Å². The lowest BCUT2D eigenvalue weighted by molar-refractivity contribution is -0.131. The fourth-order valence-corrected chi connectivity index (χ4v) is 3.81. The molecule has 114 valence electrons. The van der Waals surface area contributed by atoms with Gasteiger partial charge in [0.25, 0.3) is 0 Å². The van der Waals surface area contributed by atoms with Crippen molar-refractivity contribution in [3.8, 4) is 0 Å². The molecule has 0 aromatic heterocycles. The quantitative estimate of drug-likeness (QED) is 0.847. The normalized spacial score (nSPS) is 18.7. The van der Waals surface area contributed by atoms with Crippen molar-refractivity contribution in [1.82, 2.24) is 0 Å². The Hall–Kier alpha value is -1.13. The Labute approximate surface area is 135 Å². The summed E-state index contributed by atoms with van der Waals surface area (Å²) in [5.41, 5.74) is 1.80. The van der Waals surface area contributed by atoms with Crippen LogP contribution in [0.4, 0.5) is 5.69 Å². The molecule has 0 atom stereocenters. The number of nitrogens with zero attached hydrogens (tertiary/aromatic N) is 1.